The number of anilines is 1. The molecule has 0 spiro atoms. The van der Waals surface area contributed by atoms with Crippen LogP contribution in [0.5, 0.6) is 0 Å². The van der Waals surface area contributed by atoms with Crippen molar-refractivity contribution < 1.29 is 30.8 Å². The van der Waals surface area contributed by atoms with Crippen LogP contribution in [0.1, 0.15) is 21.1 Å². The Morgan fingerprint density at radius 1 is 1.08 bits per heavy atom. The van der Waals surface area contributed by atoms with E-state index in [0.29, 0.717) is 22.5 Å². The number of nitrogens with zero attached hydrogens (tertiary/aromatic N) is 4. The number of alkyl halides is 2. The third-order valence-electron chi connectivity index (χ3n) is 5.89. The van der Waals surface area contributed by atoms with E-state index in [1.54, 1.807) is 0 Å². The molecular formula is C26H20ClIN5O2S-. The third kappa shape index (κ3) is 4.59. The Kier molecular flexibility index (Phi) is 6.38. The number of hydrogen-bond acceptors (Lipinski definition) is 7. The Morgan fingerprint density at radius 2 is 1.97 bits per heavy atom. The molecule has 4 heterocycles. The van der Waals surface area contributed by atoms with Gasteiger partial charge in [0.25, 0.3) is 0 Å². The van der Waals surface area contributed by atoms with E-state index in [4.69, 9.17) is 21.9 Å². The van der Waals surface area contributed by atoms with Crippen molar-refractivity contribution in [2.75, 3.05) is 5.73 Å². The second-order valence-electron chi connectivity index (χ2n) is 8.23. The molecule has 6 aromatic rings. The van der Waals surface area contributed by atoms with Crippen molar-refractivity contribution in [2.24, 2.45) is 0 Å². The van der Waals surface area contributed by atoms with Crippen molar-refractivity contribution in [1.82, 2.24) is 19.7 Å². The van der Waals surface area contributed by atoms with Crippen LogP contribution in [0.2, 0.25) is 4.34 Å². The van der Waals surface area contributed by atoms with Crippen LogP contribution < -0.4 is 26.9 Å². The van der Waals surface area contributed by atoms with Crippen molar-refractivity contribution in [3.05, 3.63) is 94.3 Å². The SMILES string of the molecule is Nc1ncnc2cc(C[I-]C(O)c3cc4ccccc4n3Cc3cc(-c4ccc(Cl)s4)on3)ccc12. The molecule has 2 aromatic carbocycles. The summed E-state index contributed by atoms with van der Waals surface area (Å²) in [6.07, 6.45) is 1.48. The molecule has 182 valence electrons. The summed E-state index contributed by atoms with van der Waals surface area (Å²) in [5, 5.41) is 17.5. The van der Waals surface area contributed by atoms with Gasteiger partial charge in [-0.3, -0.25) is 0 Å². The van der Waals surface area contributed by atoms with Gasteiger partial charge >= 0.3 is 227 Å². The number of nitrogen functional groups attached to an aromatic ring is 1. The van der Waals surface area contributed by atoms with Gasteiger partial charge in [-0.2, -0.15) is 0 Å². The zero-order valence-electron chi connectivity index (χ0n) is 18.8. The average molecular weight is 629 g/mol. The molecule has 3 N–H and O–H groups in total. The molecule has 10 heteroatoms. The fourth-order valence-corrected chi connectivity index (χ4v) is 7.52. The molecule has 4 aromatic heterocycles. The summed E-state index contributed by atoms with van der Waals surface area (Å²) in [5.41, 5.74) is 10.6. The van der Waals surface area contributed by atoms with Gasteiger partial charge in [-0.15, -0.1) is 0 Å². The van der Waals surface area contributed by atoms with Crippen LogP contribution >= 0.6 is 22.9 Å². The van der Waals surface area contributed by atoms with Crippen LogP contribution in [0.3, 0.4) is 0 Å². The van der Waals surface area contributed by atoms with Crippen LogP contribution in [-0.2, 0) is 11.0 Å². The quantitative estimate of drug-likeness (QED) is 0.208. The van der Waals surface area contributed by atoms with E-state index in [1.165, 1.54) is 17.7 Å². The number of hydrogen-bond donors (Lipinski definition) is 2. The van der Waals surface area contributed by atoms with E-state index in [9.17, 15) is 5.11 Å². The molecule has 36 heavy (non-hydrogen) atoms. The summed E-state index contributed by atoms with van der Waals surface area (Å²) in [5.74, 6) is 1.16. The van der Waals surface area contributed by atoms with E-state index in [2.05, 4.69) is 37.9 Å². The van der Waals surface area contributed by atoms with Crippen molar-refractivity contribution in [1.29, 1.82) is 0 Å². The Morgan fingerprint density at radius 3 is 2.83 bits per heavy atom. The van der Waals surface area contributed by atoms with E-state index < -0.39 is 25.3 Å². The molecule has 0 saturated carbocycles. The standard InChI is InChI=1S/C26H20ClIN5O2S/c27-24-8-7-23(36-24)22-11-17(32-35-22)13-33-20-4-2-1-3-16(20)10-21(33)25(34)28-12-15-5-6-18-19(9-15)30-14-31-26(18)29/h1-11,14,25,34H,12-13H2,(H2,29,30,31)/q-1. The molecule has 1 unspecified atom stereocenters. The summed E-state index contributed by atoms with van der Waals surface area (Å²) in [6.45, 7) is 0.498. The number of halogens is 2. The minimum absolute atomic E-state index is 0.476. The third-order valence-corrected chi connectivity index (χ3v) is 9.93. The predicted octanol–water partition coefficient (Wildman–Crippen LogP) is 2.87. The molecular weight excluding hydrogens is 609 g/mol. The second-order valence-corrected chi connectivity index (χ2v) is 12.8. The van der Waals surface area contributed by atoms with Gasteiger partial charge in [-0.1, -0.05) is 0 Å². The predicted molar refractivity (Wildman–Crippen MR) is 138 cm³/mol. The van der Waals surface area contributed by atoms with Crippen molar-refractivity contribution in [2.45, 2.75) is 15.1 Å². The molecule has 0 aliphatic heterocycles. The molecule has 7 nitrogen and oxygen atoms in total. The number of thiophene rings is 1. The molecule has 0 fully saturated rings. The molecule has 0 aliphatic carbocycles. The maximum absolute atomic E-state index is 11.3. The van der Waals surface area contributed by atoms with Crippen LogP contribution in [-0.4, -0.2) is 24.8 Å². The van der Waals surface area contributed by atoms with Gasteiger partial charge in [-0.25, -0.2) is 0 Å². The Bertz CT molecular complexity index is 1690. The summed E-state index contributed by atoms with van der Waals surface area (Å²) in [7, 11) is 0. The van der Waals surface area contributed by atoms with Crippen LogP contribution in [0.15, 0.2) is 77.6 Å². The number of para-hydroxylation sites is 1. The first-order valence-corrected chi connectivity index (χ1v) is 15.1. The van der Waals surface area contributed by atoms with Gasteiger partial charge in [0.1, 0.15) is 0 Å². The zero-order chi connectivity index (χ0) is 24.6. The van der Waals surface area contributed by atoms with Gasteiger partial charge < -0.3 is 0 Å². The van der Waals surface area contributed by atoms with E-state index in [0.717, 1.165) is 48.1 Å². The first-order valence-electron chi connectivity index (χ1n) is 11.1. The molecule has 6 rings (SSSR count). The molecule has 1 atom stereocenters. The number of rotatable bonds is 7. The van der Waals surface area contributed by atoms with E-state index in [-0.39, 0.29) is 0 Å². The molecule has 0 amide bonds. The Balaban J connectivity index is 1.26. The fourth-order valence-electron chi connectivity index (χ4n) is 4.16. The summed E-state index contributed by atoms with van der Waals surface area (Å²) in [4.78, 5) is 9.32. The van der Waals surface area contributed by atoms with Crippen molar-refractivity contribution >= 4 is 50.6 Å². The van der Waals surface area contributed by atoms with Gasteiger partial charge in [0, 0.05) is 0 Å². The summed E-state index contributed by atoms with van der Waals surface area (Å²) >= 11 is 6.92. The van der Waals surface area contributed by atoms with Crippen molar-refractivity contribution in [3.63, 3.8) is 0 Å². The first kappa shape index (κ1) is 23.4. The van der Waals surface area contributed by atoms with Gasteiger partial charge in [0.15, 0.2) is 0 Å². The van der Waals surface area contributed by atoms with Crippen LogP contribution in [0.25, 0.3) is 32.4 Å². The topological polar surface area (TPSA) is 103 Å². The zero-order valence-corrected chi connectivity index (χ0v) is 22.5. The van der Waals surface area contributed by atoms with Gasteiger partial charge in [-0.05, 0) is 0 Å². The average Bonchev–Trinajstić information content (AvgIpc) is 3.62. The number of benzene rings is 2. The summed E-state index contributed by atoms with van der Waals surface area (Å²) in [6, 6.07) is 22.0. The number of aliphatic hydroxyl groups excluding tert-OH is 1. The number of fused-ring (bicyclic) bond motifs is 2. The number of aromatic nitrogens is 4. The molecule has 0 radical (unpaired) electrons. The molecule has 0 aliphatic rings. The molecule has 0 bridgehead atoms. The van der Waals surface area contributed by atoms with E-state index in [1.807, 2.05) is 48.5 Å². The monoisotopic (exact) mass is 628 g/mol. The normalized spacial score (nSPS) is 12.6. The van der Waals surface area contributed by atoms with Crippen LogP contribution in [0.4, 0.5) is 5.82 Å². The summed E-state index contributed by atoms with van der Waals surface area (Å²) < 4.78 is 8.68. The first-order chi connectivity index (χ1) is 17.5. The number of nitrogens with two attached hydrogens (primary N) is 1. The van der Waals surface area contributed by atoms with Gasteiger partial charge in [0.05, 0.1) is 0 Å². The minimum atomic E-state index is -0.616. The Hall–Kier alpha value is -2.99. The van der Waals surface area contributed by atoms with Crippen molar-refractivity contribution in [3.8, 4) is 10.6 Å². The Labute approximate surface area is 225 Å². The number of aliphatic hydroxyl groups is 1. The fraction of sp³-hybridized carbons (Fsp3) is 0.115. The van der Waals surface area contributed by atoms with Crippen LogP contribution in [0, 0.1) is 0 Å². The van der Waals surface area contributed by atoms with E-state index >= 15 is 0 Å². The van der Waals surface area contributed by atoms with Gasteiger partial charge in [0.2, 0.25) is 0 Å². The molecule has 0 saturated heterocycles. The maximum atomic E-state index is 11.3. The second kappa shape index (κ2) is 9.81.